The molecule has 0 aliphatic rings. The Labute approximate surface area is 259 Å². The van der Waals surface area contributed by atoms with Crippen molar-refractivity contribution in [1.82, 2.24) is 0 Å². The second-order valence-electron chi connectivity index (χ2n) is 11.2. The largest absolute Gasteiger partial charge is 0.424 e. The molecule has 0 aliphatic carbocycles. The molecule has 2 heterocycles. The molecule has 212 valence electrons. The van der Waals surface area contributed by atoms with E-state index in [4.69, 9.17) is 8.83 Å². The van der Waals surface area contributed by atoms with Crippen LogP contribution in [0.1, 0.15) is 11.1 Å². The monoisotopic (exact) mass is 604 g/mol. The van der Waals surface area contributed by atoms with Crippen molar-refractivity contribution in [1.29, 1.82) is 0 Å². The van der Waals surface area contributed by atoms with Crippen LogP contribution >= 0.6 is 15.8 Å². The SMILES string of the molecule is Cc1cc(P(c2ccccc2)c2ccccc2)c2oc3oc4c(P(c5ccccc5)c5ccccc5)cc(C)cc4c3c2c1. The number of aryl methyl sites for hydroxylation is 2. The van der Waals surface area contributed by atoms with Crippen molar-refractivity contribution in [3.63, 3.8) is 0 Å². The summed E-state index contributed by atoms with van der Waals surface area (Å²) in [6.45, 7) is 4.38. The van der Waals surface area contributed by atoms with E-state index in [0.29, 0.717) is 5.78 Å². The molecule has 0 saturated carbocycles. The van der Waals surface area contributed by atoms with Crippen LogP contribution in [0.2, 0.25) is 0 Å². The van der Waals surface area contributed by atoms with Crippen LogP contribution < -0.4 is 31.8 Å². The minimum Gasteiger partial charge on any atom is -0.424 e. The average Bonchev–Trinajstić information content (AvgIpc) is 3.60. The molecule has 0 aliphatic heterocycles. The van der Waals surface area contributed by atoms with Gasteiger partial charge in [-0.2, -0.15) is 0 Å². The fourth-order valence-electron chi connectivity index (χ4n) is 6.26. The second-order valence-corrected chi connectivity index (χ2v) is 15.6. The standard InChI is InChI=1S/C40H30O2P2/c1-27-23-33-37-34-24-28(2)26-36(44(31-19-11-5-12-20-31)32-21-13-6-14-22-32)39(34)42-40(37)41-38(33)35(25-27)43(29-15-7-3-8-16-29)30-17-9-4-10-18-30/h3-26H,1-2H3. The van der Waals surface area contributed by atoms with Crippen molar-refractivity contribution >= 4 is 80.8 Å². The summed E-state index contributed by atoms with van der Waals surface area (Å²) in [7, 11) is -1.68. The maximum absolute atomic E-state index is 6.79. The zero-order valence-electron chi connectivity index (χ0n) is 24.6. The summed E-state index contributed by atoms with van der Waals surface area (Å²) in [5, 5.41) is 10.9. The van der Waals surface area contributed by atoms with Crippen molar-refractivity contribution in [2.45, 2.75) is 13.8 Å². The van der Waals surface area contributed by atoms with E-state index < -0.39 is 15.8 Å². The van der Waals surface area contributed by atoms with Crippen molar-refractivity contribution in [3.05, 3.63) is 157 Å². The Morgan fingerprint density at radius 2 is 0.727 bits per heavy atom. The Morgan fingerprint density at radius 3 is 1.05 bits per heavy atom. The highest BCUT2D eigenvalue weighted by atomic mass is 31.1. The predicted molar refractivity (Wildman–Crippen MR) is 190 cm³/mol. The number of hydrogen-bond acceptors (Lipinski definition) is 2. The molecule has 8 rings (SSSR count). The molecule has 2 aromatic heterocycles. The number of furan rings is 2. The topological polar surface area (TPSA) is 26.3 Å². The molecule has 44 heavy (non-hydrogen) atoms. The lowest BCUT2D eigenvalue weighted by Gasteiger charge is -2.20. The lowest BCUT2D eigenvalue weighted by atomic mass is 10.1. The maximum Gasteiger partial charge on any atom is 0.299 e. The van der Waals surface area contributed by atoms with E-state index in [1.807, 2.05) is 0 Å². The molecule has 0 fully saturated rings. The second kappa shape index (κ2) is 11.2. The molecule has 8 aromatic rings. The molecular weight excluding hydrogens is 574 g/mol. The molecule has 0 bridgehead atoms. The van der Waals surface area contributed by atoms with Crippen LogP contribution in [0, 0.1) is 13.8 Å². The van der Waals surface area contributed by atoms with Gasteiger partial charge < -0.3 is 8.83 Å². The van der Waals surface area contributed by atoms with Gasteiger partial charge in [-0.3, -0.25) is 0 Å². The van der Waals surface area contributed by atoms with Crippen molar-refractivity contribution in [2.75, 3.05) is 0 Å². The van der Waals surface area contributed by atoms with Crippen molar-refractivity contribution in [3.8, 4) is 0 Å². The van der Waals surface area contributed by atoms with Crippen LogP contribution in [0.4, 0.5) is 0 Å². The molecule has 0 saturated heterocycles. The zero-order chi connectivity index (χ0) is 29.6. The van der Waals surface area contributed by atoms with E-state index in [1.54, 1.807) is 0 Å². The molecule has 6 aromatic carbocycles. The summed E-state index contributed by atoms with van der Waals surface area (Å²) < 4.78 is 13.6. The van der Waals surface area contributed by atoms with Crippen LogP contribution in [-0.2, 0) is 0 Å². The Bertz CT molecular complexity index is 2000. The third-order valence-corrected chi connectivity index (χ3v) is 13.0. The molecule has 0 amide bonds. The molecule has 0 radical (unpaired) electrons. The summed E-state index contributed by atoms with van der Waals surface area (Å²) in [4.78, 5) is 0. The first kappa shape index (κ1) is 27.1. The van der Waals surface area contributed by atoms with E-state index in [0.717, 1.165) is 27.3 Å². The fraction of sp³-hybridized carbons (Fsp3) is 0.0500. The maximum atomic E-state index is 6.79. The number of fused-ring (bicyclic) bond motifs is 5. The van der Waals surface area contributed by atoms with Gasteiger partial charge in [-0.05, 0) is 86.3 Å². The fourth-order valence-corrected chi connectivity index (χ4v) is 11.3. The summed E-state index contributed by atoms with van der Waals surface area (Å²) in [5.41, 5.74) is 4.27. The first-order valence-corrected chi connectivity index (χ1v) is 17.5. The minimum absolute atomic E-state index is 0.598. The summed E-state index contributed by atoms with van der Waals surface area (Å²) >= 11 is 0. The van der Waals surface area contributed by atoms with Crippen molar-refractivity contribution < 1.29 is 8.83 Å². The lowest BCUT2D eigenvalue weighted by Crippen LogP contribution is -2.21. The lowest BCUT2D eigenvalue weighted by molar-refractivity contribution is 0.526. The van der Waals surface area contributed by atoms with Gasteiger partial charge in [0.1, 0.15) is 11.2 Å². The van der Waals surface area contributed by atoms with Gasteiger partial charge in [-0.15, -0.1) is 0 Å². The van der Waals surface area contributed by atoms with Crippen LogP contribution in [0.25, 0.3) is 33.1 Å². The first-order valence-electron chi connectivity index (χ1n) is 14.9. The van der Waals surface area contributed by atoms with Crippen LogP contribution in [0.15, 0.2) is 154 Å². The molecule has 4 heteroatoms. The first-order chi connectivity index (χ1) is 21.7. The normalized spacial score (nSPS) is 11.8. The molecule has 0 N–H and O–H groups in total. The minimum atomic E-state index is -0.839. The zero-order valence-corrected chi connectivity index (χ0v) is 26.4. The Morgan fingerprint density at radius 1 is 0.409 bits per heavy atom. The highest BCUT2D eigenvalue weighted by Gasteiger charge is 2.28. The average molecular weight is 605 g/mol. The number of benzene rings is 6. The van der Waals surface area contributed by atoms with Gasteiger partial charge in [0, 0.05) is 21.4 Å². The quantitative estimate of drug-likeness (QED) is 0.178. The van der Waals surface area contributed by atoms with E-state index in [2.05, 4.69) is 159 Å². The van der Waals surface area contributed by atoms with Gasteiger partial charge in [0.15, 0.2) is 0 Å². The van der Waals surface area contributed by atoms with E-state index >= 15 is 0 Å². The number of hydrogen-bond donors (Lipinski definition) is 0. The Hall–Kier alpha value is -4.48. The highest BCUT2D eigenvalue weighted by molar-refractivity contribution is 7.80. The molecule has 0 atom stereocenters. The van der Waals surface area contributed by atoms with Crippen LogP contribution in [0.5, 0.6) is 0 Å². The Balaban J connectivity index is 1.40. The molecule has 0 spiro atoms. The van der Waals surface area contributed by atoms with Crippen LogP contribution in [0.3, 0.4) is 0 Å². The van der Waals surface area contributed by atoms with Crippen LogP contribution in [-0.4, -0.2) is 0 Å². The Kier molecular flexibility index (Phi) is 6.91. The highest BCUT2D eigenvalue weighted by Crippen LogP contribution is 2.44. The summed E-state index contributed by atoms with van der Waals surface area (Å²) in [6.07, 6.45) is 0. The van der Waals surface area contributed by atoms with Gasteiger partial charge in [0.05, 0.1) is 5.39 Å². The van der Waals surface area contributed by atoms with Crippen molar-refractivity contribution in [2.24, 2.45) is 0 Å². The van der Waals surface area contributed by atoms with Gasteiger partial charge in [-0.1, -0.05) is 121 Å². The smallest absolute Gasteiger partial charge is 0.299 e. The van der Waals surface area contributed by atoms with E-state index in [-0.39, 0.29) is 0 Å². The van der Waals surface area contributed by atoms with E-state index in [1.165, 1.54) is 43.0 Å². The molecular formula is C40H30O2P2. The summed E-state index contributed by atoms with van der Waals surface area (Å²) in [6, 6.07) is 52.4. The molecule has 0 unspecified atom stereocenters. The van der Waals surface area contributed by atoms with Gasteiger partial charge in [-0.25, -0.2) is 0 Å². The van der Waals surface area contributed by atoms with Gasteiger partial charge in [0.2, 0.25) is 0 Å². The third-order valence-electron chi connectivity index (χ3n) is 8.10. The third kappa shape index (κ3) is 4.67. The van der Waals surface area contributed by atoms with Gasteiger partial charge >= 0.3 is 0 Å². The predicted octanol–water partition coefficient (Wildman–Crippen LogP) is 8.47. The van der Waals surface area contributed by atoms with Gasteiger partial charge in [0.25, 0.3) is 5.78 Å². The molecule has 2 nitrogen and oxygen atoms in total. The summed E-state index contributed by atoms with van der Waals surface area (Å²) in [5.74, 6) is 0.598. The van der Waals surface area contributed by atoms with E-state index in [9.17, 15) is 0 Å². The number of rotatable bonds is 6.